The van der Waals surface area contributed by atoms with E-state index in [9.17, 15) is 25.0 Å². The Morgan fingerprint density at radius 2 is 2.17 bits per heavy atom. The number of nitriles is 1. The number of fused-ring (bicyclic) bond motifs is 1. The van der Waals surface area contributed by atoms with Crippen molar-refractivity contribution < 1.29 is 9.66 Å². The van der Waals surface area contributed by atoms with Gasteiger partial charge < -0.3 is 10.5 Å². The fourth-order valence-corrected chi connectivity index (χ4v) is 3.61. The molecule has 10 nitrogen and oxygen atoms in total. The lowest BCUT2D eigenvalue weighted by Crippen LogP contribution is -2.33. The summed E-state index contributed by atoms with van der Waals surface area (Å²) in [6.45, 7) is 1.56. The van der Waals surface area contributed by atoms with Crippen molar-refractivity contribution in [2.75, 3.05) is 0 Å². The molecule has 0 saturated carbocycles. The Balaban J connectivity index is 2.32. The maximum Gasteiger partial charge on any atom is 0.328 e. The maximum atomic E-state index is 12.2. The molecule has 3 rings (SSSR count). The van der Waals surface area contributed by atoms with Crippen molar-refractivity contribution in [1.82, 2.24) is 9.97 Å². The van der Waals surface area contributed by atoms with Gasteiger partial charge in [-0.2, -0.15) is 5.26 Å². The zero-order valence-electron chi connectivity index (χ0n) is 12.1. The van der Waals surface area contributed by atoms with E-state index in [4.69, 9.17) is 10.5 Å². The Morgan fingerprint density at radius 3 is 2.75 bits per heavy atom. The minimum Gasteiger partial charge on any atom is -0.424 e. The van der Waals surface area contributed by atoms with Crippen LogP contribution in [-0.4, -0.2) is 14.9 Å². The third kappa shape index (κ3) is 2.25. The maximum absolute atomic E-state index is 12.2. The van der Waals surface area contributed by atoms with E-state index in [0.29, 0.717) is 9.75 Å². The molecule has 0 saturated heterocycles. The second-order valence-electron chi connectivity index (χ2n) is 4.92. The second-order valence-corrected chi connectivity index (χ2v) is 6.21. The lowest BCUT2D eigenvalue weighted by molar-refractivity contribution is -0.385. The minimum atomic E-state index is -0.961. The Hall–Kier alpha value is -3.39. The van der Waals surface area contributed by atoms with Crippen LogP contribution in [0.5, 0.6) is 5.88 Å². The predicted octanol–water partition coefficient (Wildman–Crippen LogP) is 0.560. The number of nitrogens with two attached hydrogens (primary N) is 1. The first-order chi connectivity index (χ1) is 11.3. The number of aromatic nitrogens is 2. The number of nitrogens with zero attached hydrogens (tertiary/aromatic N) is 2. The molecule has 24 heavy (non-hydrogen) atoms. The molecular formula is C13H9N5O5S. The first kappa shape index (κ1) is 15.5. The number of nitro groups is 1. The highest BCUT2D eigenvalue weighted by Gasteiger charge is 2.36. The molecule has 0 spiro atoms. The molecule has 1 aliphatic rings. The number of hydrogen-bond acceptors (Lipinski definition) is 8. The van der Waals surface area contributed by atoms with Crippen molar-refractivity contribution in [2.24, 2.45) is 5.73 Å². The molecule has 0 aromatic carbocycles. The van der Waals surface area contributed by atoms with Gasteiger partial charge in [0.15, 0.2) is 0 Å². The Kier molecular flexibility index (Phi) is 3.46. The fraction of sp³-hybridized carbons (Fsp3) is 0.154. The average molecular weight is 347 g/mol. The second kappa shape index (κ2) is 5.36. The molecule has 0 amide bonds. The highest BCUT2D eigenvalue weighted by molar-refractivity contribution is 7.12. The largest absolute Gasteiger partial charge is 0.424 e. The van der Waals surface area contributed by atoms with E-state index in [0.717, 1.165) is 11.3 Å². The van der Waals surface area contributed by atoms with Crippen molar-refractivity contribution in [2.45, 2.75) is 12.8 Å². The van der Waals surface area contributed by atoms with Crippen LogP contribution in [-0.2, 0) is 0 Å². The molecule has 0 bridgehead atoms. The SMILES string of the molecule is Cc1sc(C2C(C#N)=C(N)Oc3[nH]c(=O)[nH]c(=O)c32)cc1[N+](=O)[O-]. The van der Waals surface area contributed by atoms with Crippen LogP contribution in [0.4, 0.5) is 5.69 Å². The molecule has 0 radical (unpaired) electrons. The molecule has 2 aromatic rings. The summed E-state index contributed by atoms with van der Waals surface area (Å²) in [5.41, 5.74) is 3.94. The lowest BCUT2D eigenvalue weighted by Gasteiger charge is -2.23. The molecule has 11 heteroatoms. The first-order valence-corrected chi connectivity index (χ1v) is 7.34. The van der Waals surface area contributed by atoms with E-state index in [2.05, 4.69) is 9.97 Å². The third-order valence-corrected chi connectivity index (χ3v) is 4.62. The van der Waals surface area contributed by atoms with Gasteiger partial charge in [0.1, 0.15) is 11.6 Å². The number of hydrogen-bond donors (Lipinski definition) is 3. The van der Waals surface area contributed by atoms with Gasteiger partial charge in [-0.25, -0.2) is 4.79 Å². The van der Waals surface area contributed by atoms with Gasteiger partial charge in [0.2, 0.25) is 11.8 Å². The number of aromatic amines is 2. The Labute approximate surface area is 137 Å². The first-order valence-electron chi connectivity index (χ1n) is 6.52. The summed E-state index contributed by atoms with van der Waals surface area (Å²) in [6, 6.07) is 3.15. The summed E-state index contributed by atoms with van der Waals surface area (Å²) in [5.74, 6) is -1.42. The van der Waals surface area contributed by atoms with E-state index in [-0.39, 0.29) is 28.6 Å². The summed E-state index contributed by atoms with van der Waals surface area (Å²) >= 11 is 1.06. The Bertz CT molecular complexity index is 1050. The van der Waals surface area contributed by atoms with E-state index in [1.165, 1.54) is 6.07 Å². The smallest absolute Gasteiger partial charge is 0.328 e. The highest BCUT2D eigenvalue weighted by Crippen LogP contribution is 2.43. The number of aryl methyl sites for hydroxylation is 1. The van der Waals surface area contributed by atoms with E-state index in [1.54, 1.807) is 6.92 Å². The molecule has 0 aliphatic carbocycles. The van der Waals surface area contributed by atoms with Gasteiger partial charge >= 0.3 is 5.69 Å². The minimum absolute atomic E-state index is 0.0310. The fourth-order valence-electron chi connectivity index (χ4n) is 2.49. The van der Waals surface area contributed by atoms with Crippen LogP contribution in [0.15, 0.2) is 27.1 Å². The molecular weight excluding hydrogens is 338 g/mol. The standard InChI is InChI=1S/C13H9N5O5S/c1-4-6(18(21)22)2-7(24-4)8-5(3-14)10(15)23-12-9(8)11(19)16-13(20)17-12/h2,8H,15H2,1H3,(H2,16,17,19,20). The molecule has 2 aromatic heterocycles. The highest BCUT2D eigenvalue weighted by atomic mass is 32.1. The zero-order valence-corrected chi connectivity index (χ0v) is 12.9. The van der Waals surface area contributed by atoms with Crippen molar-refractivity contribution in [3.63, 3.8) is 0 Å². The van der Waals surface area contributed by atoms with E-state index in [1.807, 2.05) is 6.07 Å². The average Bonchev–Trinajstić information content (AvgIpc) is 2.87. The van der Waals surface area contributed by atoms with Crippen LogP contribution >= 0.6 is 11.3 Å². The summed E-state index contributed by atoms with van der Waals surface area (Å²) in [7, 11) is 0. The summed E-state index contributed by atoms with van der Waals surface area (Å²) in [5, 5.41) is 20.4. The topological polar surface area (TPSA) is 168 Å². The van der Waals surface area contributed by atoms with Crippen molar-refractivity contribution >= 4 is 17.0 Å². The molecule has 122 valence electrons. The molecule has 1 aliphatic heterocycles. The van der Waals surface area contributed by atoms with Crippen molar-refractivity contribution in [3.8, 4) is 11.9 Å². The number of nitrogens with one attached hydrogen (secondary N) is 2. The lowest BCUT2D eigenvalue weighted by atomic mass is 9.90. The molecule has 1 unspecified atom stereocenters. The van der Waals surface area contributed by atoms with Crippen molar-refractivity contribution in [3.05, 3.63) is 63.8 Å². The molecule has 1 atom stereocenters. The number of H-pyrrole nitrogens is 2. The quantitative estimate of drug-likeness (QED) is 0.526. The van der Waals surface area contributed by atoms with Gasteiger partial charge in [0.25, 0.3) is 11.2 Å². The van der Waals surface area contributed by atoms with Crippen LogP contribution in [0.1, 0.15) is 21.2 Å². The van der Waals surface area contributed by atoms with Gasteiger partial charge in [-0.1, -0.05) is 0 Å². The van der Waals surface area contributed by atoms with Crippen LogP contribution in [0.25, 0.3) is 0 Å². The van der Waals surface area contributed by atoms with Gasteiger partial charge in [0.05, 0.1) is 21.3 Å². The zero-order chi connectivity index (χ0) is 17.6. The summed E-state index contributed by atoms with van der Waals surface area (Å²) in [4.78, 5) is 39.3. The third-order valence-electron chi connectivity index (χ3n) is 3.51. The van der Waals surface area contributed by atoms with Crippen molar-refractivity contribution in [1.29, 1.82) is 5.26 Å². The summed E-state index contributed by atoms with van der Waals surface area (Å²) in [6.07, 6.45) is 0. The number of allylic oxidation sites excluding steroid dienone is 1. The van der Waals surface area contributed by atoms with Gasteiger partial charge in [0, 0.05) is 10.9 Å². The predicted molar refractivity (Wildman–Crippen MR) is 82.7 cm³/mol. The number of ether oxygens (including phenoxy) is 1. The van der Waals surface area contributed by atoms with Crippen LogP contribution in [0.3, 0.4) is 0 Å². The number of rotatable bonds is 2. The normalized spacial score (nSPS) is 16.2. The summed E-state index contributed by atoms with van der Waals surface area (Å²) < 4.78 is 5.16. The van der Waals surface area contributed by atoms with Gasteiger partial charge in [-0.3, -0.25) is 24.9 Å². The molecule has 4 N–H and O–H groups in total. The monoisotopic (exact) mass is 347 g/mol. The van der Waals surface area contributed by atoms with Crippen LogP contribution in [0.2, 0.25) is 0 Å². The van der Waals surface area contributed by atoms with E-state index >= 15 is 0 Å². The van der Waals surface area contributed by atoms with Gasteiger partial charge in [-0.15, -0.1) is 11.3 Å². The van der Waals surface area contributed by atoms with Crippen LogP contribution < -0.4 is 21.7 Å². The Morgan fingerprint density at radius 1 is 1.46 bits per heavy atom. The van der Waals surface area contributed by atoms with Gasteiger partial charge in [-0.05, 0) is 6.92 Å². The van der Waals surface area contributed by atoms with E-state index < -0.39 is 22.1 Å². The molecule has 3 heterocycles. The van der Waals surface area contributed by atoms with Crippen LogP contribution in [0, 0.1) is 28.4 Å². The molecule has 0 fully saturated rings. The number of thiophene rings is 1.